The zero-order valence-corrected chi connectivity index (χ0v) is 20.8. The number of rotatable bonds is 16. The predicted molar refractivity (Wildman–Crippen MR) is 132 cm³/mol. The SMILES string of the molecule is CC(C)C(N)C(=O)NC(CCC(N)=O)C(=O)NC(CCC(=O)O)C(=O)NC(Cc1ccccc1)C(=O)O. The highest BCUT2D eigenvalue weighted by atomic mass is 16.4. The van der Waals surface area contributed by atoms with Crippen molar-refractivity contribution in [2.75, 3.05) is 0 Å². The molecular formula is C24H35N5O8. The summed E-state index contributed by atoms with van der Waals surface area (Å²) in [4.78, 5) is 72.5. The fourth-order valence-corrected chi connectivity index (χ4v) is 3.26. The first-order valence-electron chi connectivity index (χ1n) is 11.7. The second-order valence-electron chi connectivity index (χ2n) is 8.92. The lowest BCUT2D eigenvalue weighted by Crippen LogP contribution is -2.57. The smallest absolute Gasteiger partial charge is 0.326 e. The number of carbonyl (C=O) groups excluding carboxylic acids is 4. The standard InChI is InChI=1S/C24H35N5O8/c1-13(2)20(26)23(35)28-15(8-10-18(25)30)21(33)27-16(9-11-19(31)32)22(34)29-17(24(36)37)12-14-6-4-3-5-7-14/h3-7,13,15-17,20H,8-12,26H2,1-2H3,(H2,25,30)(H,27,33)(H,28,35)(H,29,34)(H,31,32)(H,36,37). The quantitative estimate of drug-likeness (QED) is 0.139. The number of carboxylic acid groups (broad SMARTS) is 2. The molecule has 0 aliphatic heterocycles. The molecule has 13 heteroatoms. The number of primary amides is 1. The maximum atomic E-state index is 13.0. The minimum atomic E-state index is -1.44. The number of nitrogens with one attached hydrogen (secondary N) is 3. The summed E-state index contributed by atoms with van der Waals surface area (Å²) >= 11 is 0. The summed E-state index contributed by atoms with van der Waals surface area (Å²) in [5, 5.41) is 25.8. The van der Waals surface area contributed by atoms with E-state index in [2.05, 4.69) is 16.0 Å². The molecule has 0 fully saturated rings. The van der Waals surface area contributed by atoms with Gasteiger partial charge in [0, 0.05) is 19.3 Å². The molecule has 37 heavy (non-hydrogen) atoms. The molecule has 1 rings (SSSR count). The number of benzene rings is 1. The van der Waals surface area contributed by atoms with Crippen molar-refractivity contribution < 1.29 is 39.0 Å². The highest BCUT2D eigenvalue weighted by Crippen LogP contribution is 2.08. The van der Waals surface area contributed by atoms with Crippen LogP contribution < -0.4 is 27.4 Å². The Morgan fingerprint density at radius 2 is 1.27 bits per heavy atom. The van der Waals surface area contributed by atoms with Gasteiger partial charge < -0.3 is 37.6 Å². The predicted octanol–water partition coefficient (Wildman–Crippen LogP) is -1.12. The highest BCUT2D eigenvalue weighted by molar-refractivity contribution is 5.94. The van der Waals surface area contributed by atoms with E-state index in [9.17, 15) is 33.9 Å². The molecule has 1 aromatic carbocycles. The summed E-state index contributed by atoms with van der Waals surface area (Å²) in [5.74, 6) is -6.03. The first-order chi connectivity index (χ1) is 17.3. The fourth-order valence-electron chi connectivity index (χ4n) is 3.26. The van der Waals surface area contributed by atoms with Crippen LogP contribution in [0.15, 0.2) is 30.3 Å². The lowest BCUT2D eigenvalue weighted by molar-refractivity contribution is -0.143. The molecule has 0 radical (unpaired) electrons. The number of amides is 4. The third-order valence-electron chi connectivity index (χ3n) is 5.51. The van der Waals surface area contributed by atoms with E-state index in [1.165, 1.54) is 0 Å². The average Bonchev–Trinajstić information content (AvgIpc) is 2.83. The van der Waals surface area contributed by atoms with Gasteiger partial charge >= 0.3 is 11.9 Å². The number of nitrogens with two attached hydrogens (primary N) is 2. The lowest BCUT2D eigenvalue weighted by Gasteiger charge is -2.25. The Labute approximate surface area is 214 Å². The van der Waals surface area contributed by atoms with Gasteiger partial charge in [-0.05, 0) is 24.3 Å². The van der Waals surface area contributed by atoms with Crippen LogP contribution in [0.25, 0.3) is 0 Å². The van der Waals surface area contributed by atoms with E-state index in [0.717, 1.165) is 0 Å². The van der Waals surface area contributed by atoms with Crippen molar-refractivity contribution in [3.63, 3.8) is 0 Å². The van der Waals surface area contributed by atoms with Gasteiger partial charge in [0.1, 0.15) is 18.1 Å². The first-order valence-corrected chi connectivity index (χ1v) is 11.7. The third kappa shape index (κ3) is 11.5. The van der Waals surface area contributed by atoms with Gasteiger partial charge in [0.05, 0.1) is 6.04 Å². The average molecular weight is 522 g/mol. The Morgan fingerprint density at radius 1 is 0.784 bits per heavy atom. The van der Waals surface area contributed by atoms with E-state index in [4.69, 9.17) is 16.6 Å². The molecule has 0 saturated heterocycles. The summed E-state index contributed by atoms with van der Waals surface area (Å²) in [6.45, 7) is 3.40. The van der Waals surface area contributed by atoms with Crippen molar-refractivity contribution >= 4 is 35.6 Å². The summed E-state index contributed by atoms with van der Waals surface area (Å²) in [7, 11) is 0. The largest absolute Gasteiger partial charge is 0.481 e. The molecule has 4 unspecified atom stereocenters. The molecule has 1 aromatic rings. The minimum Gasteiger partial charge on any atom is -0.481 e. The highest BCUT2D eigenvalue weighted by Gasteiger charge is 2.31. The molecule has 0 saturated carbocycles. The molecule has 13 nitrogen and oxygen atoms in total. The van der Waals surface area contributed by atoms with Gasteiger partial charge in [-0.1, -0.05) is 44.2 Å². The van der Waals surface area contributed by atoms with Crippen LogP contribution in [0.2, 0.25) is 0 Å². The van der Waals surface area contributed by atoms with Crippen LogP contribution in [0.1, 0.15) is 45.1 Å². The van der Waals surface area contributed by atoms with E-state index < -0.39 is 66.2 Å². The van der Waals surface area contributed by atoms with E-state index in [1.54, 1.807) is 44.2 Å². The van der Waals surface area contributed by atoms with Crippen LogP contribution in [0, 0.1) is 5.92 Å². The Bertz CT molecular complexity index is 969. The van der Waals surface area contributed by atoms with E-state index in [1.807, 2.05) is 0 Å². The second kappa shape index (κ2) is 15.2. The van der Waals surface area contributed by atoms with Crippen molar-refractivity contribution in [1.82, 2.24) is 16.0 Å². The van der Waals surface area contributed by atoms with Gasteiger partial charge in [-0.15, -0.1) is 0 Å². The van der Waals surface area contributed by atoms with Gasteiger partial charge in [-0.25, -0.2) is 4.79 Å². The zero-order valence-electron chi connectivity index (χ0n) is 20.8. The summed E-state index contributed by atoms with van der Waals surface area (Å²) in [6.07, 6.45) is -1.38. The van der Waals surface area contributed by atoms with E-state index >= 15 is 0 Å². The van der Waals surface area contributed by atoms with Crippen LogP contribution in [0.4, 0.5) is 0 Å². The molecule has 4 amide bonds. The molecular weight excluding hydrogens is 486 g/mol. The van der Waals surface area contributed by atoms with Gasteiger partial charge in [-0.2, -0.15) is 0 Å². The second-order valence-corrected chi connectivity index (χ2v) is 8.92. The van der Waals surface area contributed by atoms with Crippen LogP contribution in [-0.4, -0.2) is 69.9 Å². The topological polar surface area (TPSA) is 231 Å². The number of carboxylic acids is 2. The van der Waals surface area contributed by atoms with Gasteiger partial charge in [-0.3, -0.25) is 24.0 Å². The summed E-state index contributed by atoms with van der Waals surface area (Å²) in [5.41, 5.74) is 11.6. The third-order valence-corrected chi connectivity index (χ3v) is 5.51. The zero-order chi connectivity index (χ0) is 28.1. The van der Waals surface area contributed by atoms with Crippen LogP contribution in [0.3, 0.4) is 0 Å². The van der Waals surface area contributed by atoms with E-state index in [0.29, 0.717) is 5.56 Å². The van der Waals surface area contributed by atoms with Crippen LogP contribution >= 0.6 is 0 Å². The molecule has 0 aromatic heterocycles. The summed E-state index contributed by atoms with van der Waals surface area (Å²) in [6, 6.07) is 3.47. The van der Waals surface area contributed by atoms with Gasteiger partial charge in [0.2, 0.25) is 23.6 Å². The normalized spacial score (nSPS) is 14.1. The maximum Gasteiger partial charge on any atom is 0.326 e. The molecule has 0 aliphatic carbocycles. The molecule has 0 heterocycles. The fraction of sp³-hybridized carbons (Fsp3) is 0.500. The minimum absolute atomic E-state index is 0.0497. The molecule has 0 spiro atoms. The molecule has 0 bridgehead atoms. The molecule has 9 N–H and O–H groups in total. The molecule has 4 atom stereocenters. The number of aliphatic carboxylic acids is 2. The van der Waals surface area contributed by atoms with Gasteiger partial charge in [0.25, 0.3) is 0 Å². The van der Waals surface area contributed by atoms with E-state index in [-0.39, 0.29) is 31.6 Å². The van der Waals surface area contributed by atoms with Crippen LogP contribution in [0.5, 0.6) is 0 Å². The van der Waals surface area contributed by atoms with Crippen molar-refractivity contribution in [3.8, 4) is 0 Å². The number of hydrogen-bond donors (Lipinski definition) is 7. The Balaban J connectivity index is 3.07. The molecule has 204 valence electrons. The Morgan fingerprint density at radius 3 is 1.73 bits per heavy atom. The van der Waals surface area contributed by atoms with Gasteiger partial charge in [0.15, 0.2) is 0 Å². The Kier molecular flexibility index (Phi) is 12.7. The first kappa shape index (κ1) is 31.0. The van der Waals surface area contributed by atoms with Crippen LogP contribution in [-0.2, 0) is 35.2 Å². The maximum absolute atomic E-state index is 13.0. The summed E-state index contributed by atoms with van der Waals surface area (Å²) < 4.78 is 0. The van der Waals surface area contributed by atoms with Crippen molar-refractivity contribution in [2.45, 2.75) is 70.1 Å². The Hall–Kier alpha value is -4.00. The monoisotopic (exact) mass is 521 g/mol. The van der Waals surface area contributed by atoms with Crippen molar-refractivity contribution in [3.05, 3.63) is 35.9 Å². The number of hydrogen-bond acceptors (Lipinski definition) is 7. The van der Waals surface area contributed by atoms with Crippen molar-refractivity contribution in [2.24, 2.45) is 17.4 Å². The number of carbonyl (C=O) groups is 6. The lowest BCUT2D eigenvalue weighted by atomic mass is 10.0. The van der Waals surface area contributed by atoms with Crippen molar-refractivity contribution in [1.29, 1.82) is 0 Å². The molecule has 0 aliphatic rings.